The van der Waals surface area contributed by atoms with E-state index >= 15 is 0 Å². The summed E-state index contributed by atoms with van der Waals surface area (Å²) in [7, 11) is 0. The Hall–Kier alpha value is -2.47. The lowest BCUT2D eigenvalue weighted by molar-refractivity contribution is -0.130. The van der Waals surface area contributed by atoms with Crippen molar-refractivity contribution in [2.45, 2.75) is 25.9 Å². The van der Waals surface area contributed by atoms with Gasteiger partial charge >= 0.3 is 0 Å². The molecule has 1 aliphatic rings. The minimum atomic E-state index is -0.544. The number of carbonyl (C=O) groups is 2. The molecule has 1 aliphatic heterocycles. The maximum atomic E-state index is 12.2. The van der Waals surface area contributed by atoms with Gasteiger partial charge in [-0.1, -0.05) is 24.3 Å². The van der Waals surface area contributed by atoms with Gasteiger partial charge in [-0.3, -0.25) is 14.6 Å². The van der Waals surface area contributed by atoms with E-state index in [1.54, 1.807) is 4.90 Å². The Kier molecular flexibility index (Phi) is 5.28. The van der Waals surface area contributed by atoms with Crippen molar-refractivity contribution in [1.29, 1.82) is 0 Å². The Bertz CT molecular complexity index is 777. The van der Waals surface area contributed by atoms with Gasteiger partial charge in [0.2, 0.25) is 11.8 Å². The number of pyridine rings is 1. The fourth-order valence-corrected chi connectivity index (χ4v) is 3.25. The second-order valence-electron chi connectivity index (χ2n) is 6.56. The summed E-state index contributed by atoms with van der Waals surface area (Å²) in [5.74, 6) is -0.199. The van der Waals surface area contributed by atoms with E-state index in [4.69, 9.17) is 0 Å². The molecule has 0 radical (unpaired) electrons. The molecule has 0 unspecified atom stereocenters. The number of aliphatic hydroxyl groups is 1. The van der Waals surface area contributed by atoms with Crippen molar-refractivity contribution in [2.75, 3.05) is 19.6 Å². The van der Waals surface area contributed by atoms with Crippen LogP contribution in [0.3, 0.4) is 0 Å². The SMILES string of the molecule is CC(=O)NCCC(=O)N1C[C@@H](Cc2ccc3ccccc3n2)[C@H](O)C1. The molecule has 132 valence electrons. The quantitative estimate of drug-likeness (QED) is 0.854. The van der Waals surface area contributed by atoms with E-state index in [1.807, 2.05) is 36.4 Å². The minimum Gasteiger partial charge on any atom is -0.391 e. The fraction of sp³-hybridized carbons (Fsp3) is 0.421. The van der Waals surface area contributed by atoms with Crippen LogP contribution in [0.4, 0.5) is 0 Å². The number of rotatable bonds is 5. The van der Waals surface area contributed by atoms with Crippen LogP contribution in [0.1, 0.15) is 19.0 Å². The first-order chi connectivity index (χ1) is 12.0. The summed E-state index contributed by atoms with van der Waals surface area (Å²) in [6, 6.07) is 12.0. The summed E-state index contributed by atoms with van der Waals surface area (Å²) in [4.78, 5) is 29.4. The highest BCUT2D eigenvalue weighted by Gasteiger charge is 2.33. The van der Waals surface area contributed by atoms with Gasteiger partial charge in [0.1, 0.15) is 0 Å². The molecule has 1 aromatic heterocycles. The van der Waals surface area contributed by atoms with E-state index in [-0.39, 0.29) is 24.2 Å². The van der Waals surface area contributed by atoms with Crippen LogP contribution < -0.4 is 5.32 Å². The largest absolute Gasteiger partial charge is 0.391 e. The first-order valence-corrected chi connectivity index (χ1v) is 8.58. The number of para-hydroxylation sites is 1. The van der Waals surface area contributed by atoms with Crippen molar-refractivity contribution in [1.82, 2.24) is 15.2 Å². The van der Waals surface area contributed by atoms with Crippen molar-refractivity contribution < 1.29 is 14.7 Å². The number of aromatic nitrogens is 1. The third-order valence-electron chi connectivity index (χ3n) is 4.60. The van der Waals surface area contributed by atoms with Crippen molar-refractivity contribution in [3.63, 3.8) is 0 Å². The van der Waals surface area contributed by atoms with E-state index in [9.17, 15) is 14.7 Å². The van der Waals surface area contributed by atoms with Gasteiger partial charge in [0.05, 0.1) is 11.6 Å². The first-order valence-electron chi connectivity index (χ1n) is 8.58. The molecule has 2 aromatic rings. The zero-order valence-electron chi connectivity index (χ0n) is 14.3. The topological polar surface area (TPSA) is 82.5 Å². The Morgan fingerprint density at radius 3 is 2.84 bits per heavy atom. The van der Waals surface area contributed by atoms with E-state index in [0.717, 1.165) is 16.6 Å². The van der Waals surface area contributed by atoms with Crippen LogP contribution in [-0.4, -0.2) is 52.5 Å². The summed E-state index contributed by atoms with van der Waals surface area (Å²) in [5, 5.41) is 14.0. The van der Waals surface area contributed by atoms with E-state index in [0.29, 0.717) is 26.1 Å². The highest BCUT2D eigenvalue weighted by atomic mass is 16.3. The van der Waals surface area contributed by atoms with Crippen LogP contribution in [0.15, 0.2) is 36.4 Å². The molecule has 25 heavy (non-hydrogen) atoms. The lowest BCUT2D eigenvalue weighted by Gasteiger charge is -2.16. The fourth-order valence-electron chi connectivity index (χ4n) is 3.25. The zero-order valence-corrected chi connectivity index (χ0v) is 14.3. The van der Waals surface area contributed by atoms with Gasteiger partial charge in [0, 0.05) is 50.0 Å². The molecule has 2 amide bonds. The van der Waals surface area contributed by atoms with Crippen LogP contribution in [0.25, 0.3) is 10.9 Å². The average molecular weight is 341 g/mol. The number of hydrogen-bond acceptors (Lipinski definition) is 4. The Morgan fingerprint density at radius 1 is 1.24 bits per heavy atom. The Labute approximate surface area is 146 Å². The number of benzene rings is 1. The normalized spacial score (nSPS) is 20.0. The molecule has 1 fully saturated rings. The lowest BCUT2D eigenvalue weighted by atomic mass is 9.99. The predicted molar refractivity (Wildman–Crippen MR) is 94.8 cm³/mol. The maximum absolute atomic E-state index is 12.2. The van der Waals surface area contributed by atoms with Gasteiger partial charge in [0.15, 0.2) is 0 Å². The molecule has 3 rings (SSSR count). The van der Waals surface area contributed by atoms with Gasteiger partial charge in [-0.15, -0.1) is 0 Å². The molecular weight excluding hydrogens is 318 g/mol. The predicted octanol–water partition coefficient (Wildman–Crippen LogP) is 1.12. The van der Waals surface area contributed by atoms with Gasteiger partial charge in [-0.25, -0.2) is 0 Å². The molecule has 1 aromatic carbocycles. The van der Waals surface area contributed by atoms with E-state index in [1.165, 1.54) is 6.92 Å². The number of fused-ring (bicyclic) bond motifs is 1. The van der Waals surface area contributed by atoms with Crippen LogP contribution in [0, 0.1) is 5.92 Å². The smallest absolute Gasteiger partial charge is 0.224 e. The molecule has 6 nitrogen and oxygen atoms in total. The van der Waals surface area contributed by atoms with Crippen LogP contribution >= 0.6 is 0 Å². The zero-order chi connectivity index (χ0) is 17.8. The molecule has 0 saturated carbocycles. The highest BCUT2D eigenvalue weighted by Crippen LogP contribution is 2.22. The van der Waals surface area contributed by atoms with Crippen molar-refractivity contribution >= 4 is 22.7 Å². The number of nitrogens with zero attached hydrogens (tertiary/aromatic N) is 2. The lowest BCUT2D eigenvalue weighted by Crippen LogP contribution is -2.33. The van der Waals surface area contributed by atoms with Crippen LogP contribution in [0.5, 0.6) is 0 Å². The maximum Gasteiger partial charge on any atom is 0.224 e. The number of amides is 2. The minimum absolute atomic E-state index is 0.0154. The number of carbonyl (C=O) groups excluding carboxylic acids is 2. The monoisotopic (exact) mass is 341 g/mol. The second-order valence-corrected chi connectivity index (χ2v) is 6.56. The Balaban J connectivity index is 1.59. The molecule has 1 saturated heterocycles. The Morgan fingerprint density at radius 2 is 2.04 bits per heavy atom. The number of hydrogen-bond donors (Lipinski definition) is 2. The van der Waals surface area contributed by atoms with Gasteiger partial charge < -0.3 is 15.3 Å². The molecular formula is C19H23N3O3. The summed E-state index contributed by atoms with van der Waals surface area (Å²) >= 11 is 0. The molecule has 0 aliphatic carbocycles. The number of nitrogens with one attached hydrogen (secondary N) is 1. The third-order valence-corrected chi connectivity index (χ3v) is 4.60. The van der Waals surface area contributed by atoms with Crippen molar-refractivity contribution in [3.8, 4) is 0 Å². The second kappa shape index (κ2) is 7.61. The number of β-amino-alcohol motifs (C(OH)–C–C–N with tert-alkyl or cyclic N) is 1. The van der Waals surface area contributed by atoms with Gasteiger partial charge in [0.25, 0.3) is 0 Å². The first kappa shape index (κ1) is 17.4. The number of aliphatic hydroxyl groups excluding tert-OH is 1. The van der Waals surface area contributed by atoms with Crippen LogP contribution in [-0.2, 0) is 16.0 Å². The molecule has 0 spiro atoms. The molecule has 2 atom stereocenters. The number of likely N-dealkylation sites (tertiary alicyclic amines) is 1. The van der Waals surface area contributed by atoms with Crippen LogP contribution in [0.2, 0.25) is 0 Å². The molecule has 2 N–H and O–H groups in total. The summed E-state index contributed by atoms with van der Waals surface area (Å²) < 4.78 is 0. The van der Waals surface area contributed by atoms with Crippen molar-refractivity contribution in [3.05, 3.63) is 42.1 Å². The van der Waals surface area contributed by atoms with E-state index < -0.39 is 6.10 Å². The molecule has 0 bridgehead atoms. The summed E-state index contributed by atoms with van der Waals surface area (Å²) in [6.45, 7) is 2.63. The average Bonchev–Trinajstić information content (AvgIpc) is 2.95. The summed E-state index contributed by atoms with van der Waals surface area (Å²) in [6.07, 6.45) is 0.354. The third kappa shape index (κ3) is 4.33. The summed E-state index contributed by atoms with van der Waals surface area (Å²) in [5.41, 5.74) is 1.87. The standard InChI is InChI=1S/C19H23N3O3/c1-13(23)20-9-8-19(25)22-11-15(18(24)12-22)10-16-7-6-14-4-2-3-5-17(14)21-16/h2-7,15,18,24H,8-12H2,1H3,(H,20,23)/t15-,18-/m1/s1. The molecule has 6 heteroatoms. The van der Waals surface area contributed by atoms with Gasteiger partial charge in [-0.05, 0) is 18.6 Å². The van der Waals surface area contributed by atoms with E-state index in [2.05, 4.69) is 10.3 Å². The highest BCUT2D eigenvalue weighted by molar-refractivity contribution is 5.79. The van der Waals surface area contributed by atoms with Gasteiger partial charge in [-0.2, -0.15) is 0 Å². The molecule has 2 heterocycles. The van der Waals surface area contributed by atoms with Crippen molar-refractivity contribution in [2.24, 2.45) is 5.92 Å².